The van der Waals surface area contributed by atoms with Gasteiger partial charge in [-0.2, -0.15) is 5.26 Å². The van der Waals surface area contributed by atoms with Crippen LogP contribution in [0.1, 0.15) is 18.1 Å². The van der Waals surface area contributed by atoms with Gasteiger partial charge < -0.3 is 4.98 Å². The van der Waals surface area contributed by atoms with Gasteiger partial charge in [0.15, 0.2) is 4.77 Å². The average molecular weight is 257 g/mol. The van der Waals surface area contributed by atoms with Gasteiger partial charge in [0.05, 0.1) is 5.69 Å². The van der Waals surface area contributed by atoms with Crippen molar-refractivity contribution in [2.24, 2.45) is 0 Å². The van der Waals surface area contributed by atoms with Gasteiger partial charge in [0.2, 0.25) is 0 Å². The van der Waals surface area contributed by atoms with E-state index in [0.717, 1.165) is 12.0 Å². The molecule has 90 valence electrons. The minimum atomic E-state index is -0.462. The second-order valence-electron chi connectivity index (χ2n) is 3.82. The summed E-state index contributed by atoms with van der Waals surface area (Å²) in [5, 5.41) is 9.03. The third-order valence-electron chi connectivity index (χ3n) is 2.71. The smallest absolute Gasteiger partial charge is 0.270 e. The molecule has 1 aromatic heterocycles. The van der Waals surface area contributed by atoms with Crippen LogP contribution in [0.2, 0.25) is 0 Å². The van der Waals surface area contributed by atoms with Crippen molar-refractivity contribution in [3.05, 3.63) is 50.5 Å². The van der Waals surface area contributed by atoms with E-state index in [9.17, 15) is 4.79 Å². The van der Waals surface area contributed by atoms with Gasteiger partial charge in [-0.15, -0.1) is 0 Å². The van der Waals surface area contributed by atoms with Crippen LogP contribution < -0.4 is 5.56 Å². The van der Waals surface area contributed by atoms with Crippen molar-refractivity contribution in [2.45, 2.75) is 13.3 Å². The van der Waals surface area contributed by atoms with E-state index in [4.69, 9.17) is 17.5 Å². The number of aryl methyl sites for hydroxylation is 1. The van der Waals surface area contributed by atoms with E-state index in [2.05, 4.69) is 16.9 Å². The normalized spacial score (nSPS) is 10.0. The highest BCUT2D eigenvalue weighted by Gasteiger charge is 2.09. The molecule has 5 heteroatoms. The van der Waals surface area contributed by atoms with E-state index >= 15 is 0 Å². The number of aromatic nitrogens is 2. The number of benzene rings is 1. The molecule has 0 amide bonds. The fourth-order valence-corrected chi connectivity index (χ4v) is 1.91. The molecule has 4 nitrogen and oxygen atoms in total. The number of H-pyrrole nitrogens is 2. The van der Waals surface area contributed by atoms with Crippen molar-refractivity contribution in [2.75, 3.05) is 0 Å². The molecular formula is C13H11N3OS. The molecule has 0 spiro atoms. The Balaban J connectivity index is 2.67. The van der Waals surface area contributed by atoms with Crippen molar-refractivity contribution >= 4 is 12.2 Å². The van der Waals surface area contributed by atoms with Gasteiger partial charge in [-0.1, -0.05) is 31.2 Å². The van der Waals surface area contributed by atoms with E-state index in [0.29, 0.717) is 5.69 Å². The van der Waals surface area contributed by atoms with Crippen molar-refractivity contribution in [3.63, 3.8) is 0 Å². The zero-order valence-electron chi connectivity index (χ0n) is 9.78. The molecule has 2 N–H and O–H groups in total. The van der Waals surface area contributed by atoms with Gasteiger partial charge in [0.1, 0.15) is 11.6 Å². The van der Waals surface area contributed by atoms with Crippen LogP contribution in [0, 0.1) is 16.1 Å². The van der Waals surface area contributed by atoms with E-state index < -0.39 is 5.56 Å². The summed E-state index contributed by atoms with van der Waals surface area (Å²) in [6, 6.07) is 9.58. The Morgan fingerprint density at radius 3 is 2.50 bits per heavy atom. The van der Waals surface area contributed by atoms with Crippen molar-refractivity contribution in [3.8, 4) is 17.3 Å². The second kappa shape index (κ2) is 4.98. The summed E-state index contributed by atoms with van der Waals surface area (Å²) in [4.78, 5) is 16.9. The Morgan fingerprint density at radius 1 is 1.28 bits per heavy atom. The van der Waals surface area contributed by atoms with Crippen LogP contribution in [0.4, 0.5) is 0 Å². The van der Waals surface area contributed by atoms with Gasteiger partial charge in [-0.05, 0) is 29.8 Å². The Morgan fingerprint density at radius 2 is 1.94 bits per heavy atom. The van der Waals surface area contributed by atoms with Gasteiger partial charge in [-0.25, -0.2) is 0 Å². The predicted octanol–water partition coefficient (Wildman–Crippen LogP) is 2.53. The van der Waals surface area contributed by atoms with Gasteiger partial charge in [0.25, 0.3) is 5.56 Å². The average Bonchev–Trinajstić information content (AvgIpc) is 2.38. The first-order valence-electron chi connectivity index (χ1n) is 5.51. The van der Waals surface area contributed by atoms with Crippen molar-refractivity contribution in [1.82, 2.24) is 9.97 Å². The number of nitrogens with one attached hydrogen (secondary N) is 2. The predicted molar refractivity (Wildman–Crippen MR) is 71.8 cm³/mol. The zero-order chi connectivity index (χ0) is 13.1. The standard InChI is InChI=1S/C13H11N3OS/c1-2-8-3-5-9(6-4-8)11-10(7-14)12(17)16-13(18)15-11/h3-6H,2H2,1H3,(H2,15,16,17,18). The quantitative estimate of drug-likeness (QED) is 0.812. The van der Waals surface area contributed by atoms with Crippen LogP contribution in [-0.2, 0) is 6.42 Å². The summed E-state index contributed by atoms with van der Waals surface area (Å²) in [5.74, 6) is 0. The lowest BCUT2D eigenvalue weighted by Crippen LogP contribution is -2.13. The molecule has 0 bridgehead atoms. The molecule has 0 unspecified atom stereocenters. The number of rotatable bonds is 2. The first kappa shape index (κ1) is 12.3. The summed E-state index contributed by atoms with van der Waals surface area (Å²) in [6.45, 7) is 2.07. The fourth-order valence-electron chi connectivity index (χ4n) is 1.72. The van der Waals surface area contributed by atoms with E-state index in [-0.39, 0.29) is 10.3 Å². The summed E-state index contributed by atoms with van der Waals surface area (Å²) in [6.07, 6.45) is 0.941. The maximum Gasteiger partial charge on any atom is 0.270 e. The Hall–Kier alpha value is -2.19. The number of hydrogen-bond donors (Lipinski definition) is 2. The highest BCUT2D eigenvalue weighted by molar-refractivity contribution is 7.71. The Kier molecular flexibility index (Phi) is 3.40. The molecule has 0 radical (unpaired) electrons. The summed E-state index contributed by atoms with van der Waals surface area (Å²) in [5.41, 5.74) is 2.03. The van der Waals surface area contributed by atoms with Crippen LogP contribution in [-0.4, -0.2) is 9.97 Å². The number of hydrogen-bond acceptors (Lipinski definition) is 3. The lowest BCUT2D eigenvalue weighted by Gasteiger charge is -2.04. The highest BCUT2D eigenvalue weighted by Crippen LogP contribution is 2.19. The lowest BCUT2D eigenvalue weighted by atomic mass is 10.0. The molecule has 1 heterocycles. The number of aromatic amines is 2. The molecular weight excluding hydrogens is 246 g/mol. The Labute approximate surface area is 109 Å². The molecule has 0 aliphatic carbocycles. The van der Waals surface area contributed by atoms with Crippen LogP contribution in [0.25, 0.3) is 11.3 Å². The van der Waals surface area contributed by atoms with E-state index in [1.165, 1.54) is 5.56 Å². The van der Waals surface area contributed by atoms with Gasteiger partial charge >= 0.3 is 0 Å². The molecule has 18 heavy (non-hydrogen) atoms. The minimum Gasteiger partial charge on any atom is -0.331 e. The van der Waals surface area contributed by atoms with Crippen LogP contribution in [0.15, 0.2) is 29.1 Å². The van der Waals surface area contributed by atoms with E-state index in [1.54, 1.807) is 0 Å². The summed E-state index contributed by atoms with van der Waals surface area (Å²) in [7, 11) is 0. The van der Waals surface area contributed by atoms with E-state index in [1.807, 2.05) is 30.3 Å². The van der Waals surface area contributed by atoms with Gasteiger partial charge in [0, 0.05) is 0 Å². The SMILES string of the molecule is CCc1ccc(-c2[nH]c(=S)[nH]c(=O)c2C#N)cc1. The number of nitrogens with zero attached hydrogens (tertiary/aromatic N) is 1. The summed E-state index contributed by atoms with van der Waals surface area (Å²) >= 11 is 4.92. The fraction of sp³-hybridized carbons (Fsp3) is 0.154. The molecule has 0 atom stereocenters. The third-order valence-corrected chi connectivity index (χ3v) is 2.91. The minimum absolute atomic E-state index is 0.0489. The van der Waals surface area contributed by atoms with Crippen LogP contribution in [0.5, 0.6) is 0 Å². The topological polar surface area (TPSA) is 72.4 Å². The molecule has 2 rings (SSSR count). The lowest BCUT2D eigenvalue weighted by molar-refractivity contribution is 1.08. The molecule has 0 saturated carbocycles. The Bertz CT molecular complexity index is 720. The maximum atomic E-state index is 11.6. The highest BCUT2D eigenvalue weighted by atomic mass is 32.1. The molecule has 0 fully saturated rings. The van der Waals surface area contributed by atoms with Crippen molar-refractivity contribution in [1.29, 1.82) is 5.26 Å². The van der Waals surface area contributed by atoms with Crippen LogP contribution in [0.3, 0.4) is 0 Å². The second-order valence-corrected chi connectivity index (χ2v) is 4.23. The molecule has 0 aliphatic heterocycles. The monoisotopic (exact) mass is 257 g/mol. The molecule has 0 saturated heterocycles. The van der Waals surface area contributed by atoms with Crippen molar-refractivity contribution < 1.29 is 0 Å². The molecule has 0 aliphatic rings. The molecule has 1 aromatic carbocycles. The molecule has 2 aromatic rings. The van der Waals surface area contributed by atoms with Crippen LogP contribution >= 0.6 is 12.2 Å². The maximum absolute atomic E-state index is 11.6. The number of nitriles is 1. The third kappa shape index (κ3) is 2.24. The first-order valence-corrected chi connectivity index (χ1v) is 5.92. The van der Waals surface area contributed by atoms with Gasteiger partial charge in [-0.3, -0.25) is 9.78 Å². The zero-order valence-corrected chi connectivity index (χ0v) is 10.6. The largest absolute Gasteiger partial charge is 0.331 e. The first-order chi connectivity index (χ1) is 8.65. The summed E-state index contributed by atoms with van der Waals surface area (Å²) < 4.78 is 0.216.